The van der Waals surface area contributed by atoms with Crippen molar-refractivity contribution in [1.82, 2.24) is 4.57 Å². The molecule has 14 aromatic rings. The first-order valence-corrected chi connectivity index (χ1v) is 25.5. The molecule has 0 atom stereocenters. The van der Waals surface area contributed by atoms with Crippen LogP contribution in [0.5, 0.6) is 0 Å². The second kappa shape index (κ2) is 18.1. The van der Waals surface area contributed by atoms with Crippen molar-refractivity contribution >= 4 is 71.2 Å². The van der Waals surface area contributed by atoms with Crippen LogP contribution in [0.1, 0.15) is 0 Å². The molecule has 0 aliphatic heterocycles. The Bertz CT molecular complexity index is 4400. The van der Waals surface area contributed by atoms with Gasteiger partial charge in [-0.1, -0.05) is 224 Å². The lowest BCUT2D eigenvalue weighted by Gasteiger charge is -2.27. The highest BCUT2D eigenvalue weighted by atomic mass is 15.1. The van der Waals surface area contributed by atoms with E-state index in [1.807, 2.05) is 0 Å². The van der Waals surface area contributed by atoms with Crippen molar-refractivity contribution in [3.8, 4) is 61.3 Å². The molecule has 0 aliphatic carbocycles. The standard InChI is InChI=1S/C72H48N2/c1-4-21-51(22-5-1)70-65-34-13-12-33-63(65)64-45-42-54(48-67(64)71(70)52-23-6-2-7-24-52)53-26-16-30-58(46-53)73(59-31-17-27-55(47-59)61-36-18-25-49-20-10-11-32-60(49)61)57-43-40-50(41-44-57)62-37-19-39-69-72(62)66-35-14-15-38-68(66)74(69)56-28-8-3-9-29-56/h1-48H. The predicted octanol–water partition coefficient (Wildman–Crippen LogP) is 20.0. The lowest BCUT2D eigenvalue weighted by Crippen LogP contribution is -2.10. The summed E-state index contributed by atoms with van der Waals surface area (Å²) >= 11 is 0. The van der Waals surface area contributed by atoms with Gasteiger partial charge in [-0.15, -0.1) is 0 Å². The van der Waals surface area contributed by atoms with Crippen LogP contribution < -0.4 is 4.90 Å². The molecular formula is C72H48N2. The predicted molar refractivity (Wildman–Crippen MR) is 315 cm³/mol. The van der Waals surface area contributed by atoms with E-state index in [-0.39, 0.29) is 0 Å². The molecule has 2 heteroatoms. The summed E-state index contributed by atoms with van der Waals surface area (Å²) in [5.41, 5.74) is 18.7. The lowest BCUT2D eigenvalue weighted by molar-refractivity contribution is 1.18. The smallest absolute Gasteiger partial charge is 0.0547 e. The normalized spacial score (nSPS) is 11.5. The van der Waals surface area contributed by atoms with Gasteiger partial charge in [0, 0.05) is 33.5 Å². The van der Waals surface area contributed by atoms with Gasteiger partial charge in [-0.2, -0.15) is 0 Å². The molecule has 346 valence electrons. The van der Waals surface area contributed by atoms with Gasteiger partial charge in [0.2, 0.25) is 0 Å². The van der Waals surface area contributed by atoms with Crippen molar-refractivity contribution in [1.29, 1.82) is 0 Å². The molecule has 1 aromatic heterocycles. The molecule has 0 radical (unpaired) electrons. The lowest BCUT2D eigenvalue weighted by atomic mass is 9.84. The number of aromatic nitrogens is 1. The average molecular weight is 941 g/mol. The quantitative estimate of drug-likeness (QED) is 0.131. The molecule has 13 aromatic carbocycles. The molecule has 0 N–H and O–H groups in total. The van der Waals surface area contributed by atoms with Crippen LogP contribution in [0, 0.1) is 0 Å². The summed E-state index contributed by atoms with van der Waals surface area (Å²) in [5.74, 6) is 0. The highest BCUT2D eigenvalue weighted by molar-refractivity contribution is 6.22. The van der Waals surface area contributed by atoms with E-state index in [4.69, 9.17) is 0 Å². The van der Waals surface area contributed by atoms with Crippen LogP contribution in [-0.2, 0) is 0 Å². The Balaban J connectivity index is 0.940. The summed E-state index contributed by atoms with van der Waals surface area (Å²) in [4.78, 5) is 2.42. The zero-order valence-electron chi connectivity index (χ0n) is 40.6. The van der Waals surface area contributed by atoms with E-state index in [1.165, 1.54) is 98.6 Å². The van der Waals surface area contributed by atoms with Crippen molar-refractivity contribution < 1.29 is 0 Å². The summed E-state index contributed by atoms with van der Waals surface area (Å²) in [7, 11) is 0. The van der Waals surface area contributed by atoms with Crippen LogP contribution >= 0.6 is 0 Å². The van der Waals surface area contributed by atoms with Crippen LogP contribution in [0.25, 0.3) is 115 Å². The van der Waals surface area contributed by atoms with Crippen LogP contribution in [0.4, 0.5) is 17.1 Å². The number of rotatable bonds is 9. The largest absolute Gasteiger partial charge is 0.310 e. The van der Waals surface area contributed by atoms with Crippen LogP contribution in [0.15, 0.2) is 291 Å². The van der Waals surface area contributed by atoms with Gasteiger partial charge < -0.3 is 9.47 Å². The molecule has 0 unspecified atom stereocenters. The second-order valence-electron chi connectivity index (χ2n) is 19.2. The van der Waals surface area contributed by atoms with Gasteiger partial charge >= 0.3 is 0 Å². The Labute approximate surface area is 430 Å². The fourth-order valence-corrected chi connectivity index (χ4v) is 11.6. The van der Waals surface area contributed by atoms with E-state index in [0.717, 1.165) is 33.9 Å². The minimum Gasteiger partial charge on any atom is -0.310 e. The van der Waals surface area contributed by atoms with Crippen molar-refractivity contribution in [3.05, 3.63) is 291 Å². The number of para-hydroxylation sites is 2. The van der Waals surface area contributed by atoms with Crippen LogP contribution in [0.2, 0.25) is 0 Å². The molecule has 2 nitrogen and oxygen atoms in total. The van der Waals surface area contributed by atoms with E-state index < -0.39 is 0 Å². The van der Waals surface area contributed by atoms with Crippen molar-refractivity contribution in [2.45, 2.75) is 0 Å². The Kier molecular flexibility index (Phi) is 10.6. The van der Waals surface area contributed by atoms with Crippen LogP contribution in [0.3, 0.4) is 0 Å². The van der Waals surface area contributed by atoms with Crippen molar-refractivity contribution in [2.75, 3.05) is 4.90 Å². The van der Waals surface area contributed by atoms with Crippen LogP contribution in [-0.4, -0.2) is 4.57 Å². The summed E-state index contributed by atoms with van der Waals surface area (Å²) in [6.07, 6.45) is 0. The molecule has 74 heavy (non-hydrogen) atoms. The number of fused-ring (bicyclic) bond motifs is 7. The van der Waals surface area contributed by atoms with E-state index in [9.17, 15) is 0 Å². The Morgan fingerprint density at radius 2 is 0.730 bits per heavy atom. The molecule has 0 aliphatic rings. The highest BCUT2D eigenvalue weighted by Crippen LogP contribution is 2.47. The van der Waals surface area contributed by atoms with E-state index in [1.54, 1.807) is 0 Å². The molecule has 0 bridgehead atoms. The van der Waals surface area contributed by atoms with Gasteiger partial charge in [0.1, 0.15) is 0 Å². The van der Waals surface area contributed by atoms with Gasteiger partial charge in [-0.05, 0) is 155 Å². The molecule has 14 rings (SSSR count). The number of nitrogens with zero attached hydrogens (tertiary/aromatic N) is 2. The van der Waals surface area contributed by atoms with E-state index in [2.05, 4.69) is 301 Å². The third kappa shape index (κ3) is 7.35. The minimum atomic E-state index is 1.07. The number of benzene rings is 13. The molecule has 0 amide bonds. The van der Waals surface area contributed by atoms with E-state index in [0.29, 0.717) is 0 Å². The summed E-state index contributed by atoms with van der Waals surface area (Å²) in [5, 5.41) is 9.93. The first-order valence-electron chi connectivity index (χ1n) is 25.5. The summed E-state index contributed by atoms with van der Waals surface area (Å²) in [6.45, 7) is 0. The Morgan fingerprint density at radius 3 is 1.47 bits per heavy atom. The maximum atomic E-state index is 2.42. The zero-order chi connectivity index (χ0) is 49.0. The Hall–Kier alpha value is -9.76. The van der Waals surface area contributed by atoms with Crippen molar-refractivity contribution in [2.24, 2.45) is 0 Å². The van der Waals surface area contributed by atoms with Gasteiger partial charge in [0.25, 0.3) is 0 Å². The molecular weight excluding hydrogens is 893 g/mol. The van der Waals surface area contributed by atoms with Gasteiger partial charge in [-0.3, -0.25) is 0 Å². The molecule has 0 saturated heterocycles. The maximum Gasteiger partial charge on any atom is 0.0547 e. The second-order valence-corrected chi connectivity index (χ2v) is 19.2. The van der Waals surface area contributed by atoms with Gasteiger partial charge in [-0.25, -0.2) is 0 Å². The molecule has 0 spiro atoms. The van der Waals surface area contributed by atoms with E-state index >= 15 is 0 Å². The molecule has 0 saturated carbocycles. The number of hydrogen-bond acceptors (Lipinski definition) is 1. The fourth-order valence-electron chi connectivity index (χ4n) is 11.6. The molecule has 0 fully saturated rings. The summed E-state index contributed by atoms with van der Waals surface area (Å²) in [6, 6.07) is 107. The Morgan fingerprint density at radius 1 is 0.243 bits per heavy atom. The first kappa shape index (κ1) is 43.1. The zero-order valence-corrected chi connectivity index (χ0v) is 40.6. The maximum absolute atomic E-state index is 2.42. The molecule has 1 heterocycles. The number of hydrogen-bond donors (Lipinski definition) is 0. The topological polar surface area (TPSA) is 8.17 Å². The monoisotopic (exact) mass is 940 g/mol. The first-order chi connectivity index (χ1) is 36.7. The minimum absolute atomic E-state index is 1.07. The fraction of sp³-hybridized carbons (Fsp3) is 0. The number of anilines is 3. The summed E-state index contributed by atoms with van der Waals surface area (Å²) < 4.78 is 2.39. The van der Waals surface area contributed by atoms with Gasteiger partial charge in [0.15, 0.2) is 0 Å². The van der Waals surface area contributed by atoms with Crippen molar-refractivity contribution in [3.63, 3.8) is 0 Å². The average Bonchev–Trinajstić information content (AvgIpc) is 3.83. The third-order valence-corrected chi connectivity index (χ3v) is 14.9. The SMILES string of the molecule is c1ccc(-c2c(-c3ccccc3)c3cc(-c4cccc(N(c5ccc(-c6cccc7c6c6ccccc6n7-c6ccccc6)cc5)c5cccc(-c6cccc7ccccc67)c5)c4)ccc3c3ccccc23)cc1. The van der Waals surface area contributed by atoms with Gasteiger partial charge in [0.05, 0.1) is 11.0 Å². The highest BCUT2D eigenvalue weighted by Gasteiger charge is 2.21. The third-order valence-electron chi connectivity index (χ3n) is 14.9.